The van der Waals surface area contributed by atoms with E-state index in [2.05, 4.69) is 5.32 Å². The molecule has 106 valence electrons. The normalized spacial score (nSPS) is 12.0. The van der Waals surface area contributed by atoms with E-state index < -0.39 is 0 Å². The summed E-state index contributed by atoms with van der Waals surface area (Å²) in [5.74, 6) is 0.192. The maximum absolute atomic E-state index is 14.0. The number of benzene rings is 2. The van der Waals surface area contributed by atoms with E-state index >= 15 is 0 Å². The van der Waals surface area contributed by atoms with Gasteiger partial charge in [-0.05, 0) is 25.1 Å². The summed E-state index contributed by atoms with van der Waals surface area (Å²) < 4.78 is 19.2. The van der Waals surface area contributed by atoms with Gasteiger partial charge in [-0.15, -0.1) is 0 Å². The third-order valence-corrected chi connectivity index (χ3v) is 3.23. The monoisotopic (exact) mass is 275 g/mol. The van der Waals surface area contributed by atoms with Gasteiger partial charge >= 0.3 is 0 Å². The number of aliphatic hydroxyl groups excluding tert-OH is 1. The minimum Gasteiger partial charge on any atom is -0.496 e. The lowest BCUT2D eigenvalue weighted by Crippen LogP contribution is -2.11. The number of nitrogens with one attached hydrogen (secondary N) is 1. The molecule has 0 spiro atoms. The minimum atomic E-state index is -0.314. The van der Waals surface area contributed by atoms with Crippen molar-refractivity contribution < 1.29 is 14.2 Å². The van der Waals surface area contributed by atoms with E-state index in [4.69, 9.17) is 4.74 Å². The summed E-state index contributed by atoms with van der Waals surface area (Å²) in [6, 6.07) is 11.9. The molecule has 0 radical (unpaired) electrons. The molecule has 0 amide bonds. The fourth-order valence-corrected chi connectivity index (χ4v) is 2.22. The van der Waals surface area contributed by atoms with Crippen molar-refractivity contribution in [1.29, 1.82) is 0 Å². The predicted octanol–water partition coefficient (Wildman–Crippen LogP) is 3.50. The van der Waals surface area contributed by atoms with Crippen molar-refractivity contribution >= 4 is 5.69 Å². The van der Waals surface area contributed by atoms with Crippen LogP contribution in [0.2, 0.25) is 0 Å². The first kappa shape index (κ1) is 14.3. The molecule has 3 nitrogen and oxygen atoms in total. The Kier molecular flexibility index (Phi) is 4.58. The Labute approximate surface area is 118 Å². The molecule has 0 aliphatic heterocycles. The van der Waals surface area contributed by atoms with Crippen LogP contribution in [0.4, 0.5) is 10.1 Å². The number of rotatable bonds is 5. The molecule has 2 aromatic carbocycles. The molecule has 2 N–H and O–H groups in total. The SMILES string of the molecule is COc1cccc(F)c1C(C)Nc1ccccc1CO. The van der Waals surface area contributed by atoms with Crippen molar-refractivity contribution in [2.45, 2.75) is 19.6 Å². The van der Waals surface area contributed by atoms with Gasteiger partial charge in [0.1, 0.15) is 11.6 Å². The van der Waals surface area contributed by atoms with Crippen molar-refractivity contribution in [3.63, 3.8) is 0 Å². The van der Waals surface area contributed by atoms with E-state index in [1.54, 1.807) is 12.1 Å². The van der Waals surface area contributed by atoms with Crippen LogP contribution in [-0.4, -0.2) is 12.2 Å². The zero-order valence-electron chi connectivity index (χ0n) is 11.6. The first-order valence-electron chi connectivity index (χ1n) is 6.45. The minimum absolute atomic E-state index is 0.0652. The molecule has 0 aliphatic carbocycles. The van der Waals surface area contributed by atoms with Crippen LogP contribution in [0.3, 0.4) is 0 Å². The van der Waals surface area contributed by atoms with Gasteiger partial charge in [0.25, 0.3) is 0 Å². The Morgan fingerprint density at radius 3 is 2.65 bits per heavy atom. The van der Waals surface area contributed by atoms with E-state index in [9.17, 15) is 9.50 Å². The van der Waals surface area contributed by atoms with Crippen LogP contribution in [-0.2, 0) is 6.61 Å². The van der Waals surface area contributed by atoms with Gasteiger partial charge in [-0.25, -0.2) is 4.39 Å². The third-order valence-electron chi connectivity index (χ3n) is 3.23. The summed E-state index contributed by atoms with van der Waals surface area (Å²) in [5.41, 5.74) is 2.03. The van der Waals surface area contributed by atoms with Crippen molar-refractivity contribution in [2.24, 2.45) is 0 Å². The Morgan fingerprint density at radius 1 is 1.20 bits per heavy atom. The van der Waals surface area contributed by atoms with E-state index in [1.807, 2.05) is 31.2 Å². The van der Waals surface area contributed by atoms with Crippen molar-refractivity contribution in [3.8, 4) is 5.75 Å². The maximum atomic E-state index is 14.0. The highest BCUT2D eigenvalue weighted by atomic mass is 19.1. The lowest BCUT2D eigenvalue weighted by Gasteiger charge is -2.20. The Morgan fingerprint density at radius 2 is 1.95 bits per heavy atom. The highest BCUT2D eigenvalue weighted by Crippen LogP contribution is 2.30. The van der Waals surface area contributed by atoms with Crippen LogP contribution >= 0.6 is 0 Å². The molecule has 0 bridgehead atoms. The number of anilines is 1. The van der Waals surface area contributed by atoms with Crippen LogP contribution in [0.5, 0.6) is 5.75 Å². The van der Waals surface area contributed by atoms with Gasteiger partial charge < -0.3 is 15.2 Å². The summed E-state index contributed by atoms with van der Waals surface area (Å²) >= 11 is 0. The molecule has 0 aromatic heterocycles. The van der Waals surface area contributed by atoms with Crippen LogP contribution in [0.1, 0.15) is 24.1 Å². The van der Waals surface area contributed by atoms with E-state index in [0.717, 1.165) is 11.3 Å². The van der Waals surface area contributed by atoms with Gasteiger partial charge in [-0.1, -0.05) is 24.3 Å². The fraction of sp³-hybridized carbons (Fsp3) is 0.250. The van der Waals surface area contributed by atoms with Crippen LogP contribution in [0.25, 0.3) is 0 Å². The second kappa shape index (κ2) is 6.39. The number of para-hydroxylation sites is 1. The van der Waals surface area contributed by atoms with Crippen LogP contribution < -0.4 is 10.1 Å². The van der Waals surface area contributed by atoms with E-state index in [1.165, 1.54) is 13.2 Å². The number of ether oxygens (including phenoxy) is 1. The lowest BCUT2D eigenvalue weighted by atomic mass is 10.1. The molecule has 0 saturated carbocycles. The highest BCUT2D eigenvalue weighted by molar-refractivity contribution is 5.53. The number of aliphatic hydroxyl groups is 1. The zero-order valence-corrected chi connectivity index (χ0v) is 11.6. The number of halogens is 1. The van der Waals surface area contributed by atoms with E-state index in [-0.39, 0.29) is 18.5 Å². The molecule has 0 fully saturated rings. The molecule has 1 atom stereocenters. The predicted molar refractivity (Wildman–Crippen MR) is 77.4 cm³/mol. The number of methoxy groups -OCH3 is 1. The van der Waals surface area contributed by atoms with Gasteiger partial charge in [0.15, 0.2) is 0 Å². The third kappa shape index (κ3) is 2.91. The van der Waals surface area contributed by atoms with Crippen LogP contribution in [0.15, 0.2) is 42.5 Å². The molecule has 0 heterocycles. The second-order valence-corrected chi connectivity index (χ2v) is 4.54. The van der Waals surface area contributed by atoms with Gasteiger partial charge in [-0.2, -0.15) is 0 Å². The smallest absolute Gasteiger partial charge is 0.132 e. The molecule has 20 heavy (non-hydrogen) atoms. The molecule has 2 rings (SSSR count). The molecular weight excluding hydrogens is 257 g/mol. The number of hydrogen-bond acceptors (Lipinski definition) is 3. The van der Waals surface area contributed by atoms with Gasteiger partial charge in [-0.3, -0.25) is 0 Å². The first-order chi connectivity index (χ1) is 9.67. The molecule has 0 aliphatic rings. The molecule has 2 aromatic rings. The number of hydrogen-bond donors (Lipinski definition) is 2. The standard InChI is InChI=1S/C16H18FNO2/c1-11(16-13(17)7-5-9-15(16)20-2)18-14-8-4-3-6-12(14)10-19/h3-9,11,18-19H,10H2,1-2H3. The average Bonchev–Trinajstić information content (AvgIpc) is 2.47. The molecular formula is C16H18FNO2. The zero-order chi connectivity index (χ0) is 14.5. The van der Waals surface area contributed by atoms with Gasteiger partial charge in [0.05, 0.1) is 25.3 Å². The Hall–Kier alpha value is -2.07. The second-order valence-electron chi connectivity index (χ2n) is 4.54. The lowest BCUT2D eigenvalue weighted by molar-refractivity contribution is 0.282. The highest BCUT2D eigenvalue weighted by Gasteiger charge is 2.17. The largest absolute Gasteiger partial charge is 0.496 e. The fourth-order valence-electron chi connectivity index (χ4n) is 2.22. The molecule has 4 heteroatoms. The maximum Gasteiger partial charge on any atom is 0.132 e. The van der Waals surface area contributed by atoms with Crippen molar-refractivity contribution in [3.05, 3.63) is 59.4 Å². The Bertz CT molecular complexity index is 586. The van der Waals surface area contributed by atoms with Crippen LogP contribution in [0, 0.1) is 5.82 Å². The summed E-state index contributed by atoms with van der Waals surface area (Å²) in [6.07, 6.45) is 0. The quantitative estimate of drug-likeness (QED) is 0.877. The molecule has 0 saturated heterocycles. The summed E-state index contributed by atoms with van der Waals surface area (Å²) in [4.78, 5) is 0. The molecule has 1 unspecified atom stereocenters. The van der Waals surface area contributed by atoms with Gasteiger partial charge in [0.2, 0.25) is 0 Å². The summed E-state index contributed by atoms with van der Waals surface area (Å²) in [6.45, 7) is 1.79. The van der Waals surface area contributed by atoms with E-state index in [0.29, 0.717) is 11.3 Å². The topological polar surface area (TPSA) is 41.5 Å². The summed E-state index contributed by atoms with van der Waals surface area (Å²) in [7, 11) is 1.52. The average molecular weight is 275 g/mol. The van der Waals surface area contributed by atoms with Crippen molar-refractivity contribution in [2.75, 3.05) is 12.4 Å². The first-order valence-corrected chi connectivity index (χ1v) is 6.45. The Balaban J connectivity index is 2.31. The summed E-state index contributed by atoms with van der Waals surface area (Å²) in [5, 5.41) is 12.5. The van der Waals surface area contributed by atoms with Gasteiger partial charge in [0, 0.05) is 11.3 Å². The van der Waals surface area contributed by atoms with Crippen molar-refractivity contribution in [1.82, 2.24) is 0 Å².